The SMILES string of the molecule is CCOC(=O)/C(C#N)=C\c1ccc(-c2ccc(-c3ccc(/C=C(\C#N)C(=O)OCC)cc3)c3nsnc23)cc1. The lowest BCUT2D eigenvalue weighted by atomic mass is 9.96. The van der Waals surface area contributed by atoms with Crippen LogP contribution in [0, 0.1) is 22.7 Å². The highest BCUT2D eigenvalue weighted by atomic mass is 32.1. The summed E-state index contributed by atoms with van der Waals surface area (Å²) in [6.45, 7) is 3.77. The Labute approximate surface area is 229 Å². The molecule has 8 nitrogen and oxygen atoms in total. The number of hydrogen-bond acceptors (Lipinski definition) is 9. The van der Waals surface area contributed by atoms with Crippen molar-refractivity contribution < 1.29 is 19.1 Å². The average molecular weight is 535 g/mol. The molecule has 0 aliphatic rings. The van der Waals surface area contributed by atoms with Gasteiger partial charge in [0.1, 0.15) is 34.3 Å². The lowest BCUT2D eigenvalue weighted by Gasteiger charge is -2.08. The Kier molecular flexibility index (Phi) is 8.57. The molecule has 0 saturated heterocycles. The quantitative estimate of drug-likeness (QED) is 0.154. The first-order valence-electron chi connectivity index (χ1n) is 12.0. The highest BCUT2D eigenvalue weighted by Gasteiger charge is 2.15. The van der Waals surface area contributed by atoms with Crippen LogP contribution in [0.4, 0.5) is 0 Å². The van der Waals surface area contributed by atoms with Crippen molar-refractivity contribution in [2.45, 2.75) is 13.8 Å². The summed E-state index contributed by atoms with van der Waals surface area (Å²) in [5.74, 6) is -1.30. The second-order valence-corrected chi connectivity index (χ2v) is 8.68. The predicted octanol–water partition coefficient (Wildman–Crippen LogP) is 5.97. The van der Waals surface area contributed by atoms with Gasteiger partial charge in [-0.1, -0.05) is 60.7 Å². The number of fused-ring (bicyclic) bond motifs is 1. The van der Waals surface area contributed by atoms with Crippen LogP contribution in [0.1, 0.15) is 25.0 Å². The molecule has 4 aromatic rings. The van der Waals surface area contributed by atoms with Crippen LogP contribution in [0.15, 0.2) is 71.8 Å². The van der Waals surface area contributed by atoms with E-state index in [4.69, 9.17) is 9.47 Å². The number of hydrogen-bond donors (Lipinski definition) is 0. The zero-order chi connectivity index (χ0) is 27.8. The molecule has 9 heteroatoms. The first-order chi connectivity index (χ1) is 19.0. The first-order valence-corrected chi connectivity index (χ1v) is 12.8. The van der Waals surface area contributed by atoms with Crippen molar-refractivity contribution >= 4 is 46.9 Å². The Hall–Kier alpha value is -5.12. The van der Waals surface area contributed by atoms with E-state index in [2.05, 4.69) is 8.75 Å². The Balaban J connectivity index is 1.63. The third-order valence-corrected chi connectivity index (χ3v) is 6.24. The second-order valence-electron chi connectivity index (χ2n) is 8.15. The maximum absolute atomic E-state index is 11.9. The number of esters is 2. The molecular weight excluding hydrogens is 512 g/mol. The Morgan fingerprint density at radius 3 is 1.44 bits per heavy atom. The number of rotatable bonds is 8. The molecular formula is C30H22N4O4S. The van der Waals surface area contributed by atoms with Crippen LogP contribution < -0.4 is 0 Å². The minimum absolute atomic E-state index is 0.0636. The molecule has 3 aromatic carbocycles. The summed E-state index contributed by atoms with van der Waals surface area (Å²) in [6, 6.07) is 22.6. The molecule has 0 bridgehead atoms. The fourth-order valence-electron chi connectivity index (χ4n) is 3.87. The van der Waals surface area contributed by atoms with Crippen LogP contribution in [0.5, 0.6) is 0 Å². The Morgan fingerprint density at radius 2 is 1.10 bits per heavy atom. The van der Waals surface area contributed by atoms with Crippen LogP contribution in [-0.2, 0) is 19.1 Å². The summed E-state index contributed by atoms with van der Waals surface area (Å²) < 4.78 is 18.9. The molecule has 1 aromatic heterocycles. The lowest BCUT2D eigenvalue weighted by molar-refractivity contribution is -0.138. The van der Waals surface area contributed by atoms with Gasteiger partial charge in [-0.2, -0.15) is 19.3 Å². The van der Waals surface area contributed by atoms with E-state index in [1.807, 2.05) is 72.8 Å². The summed E-state index contributed by atoms with van der Waals surface area (Å²) in [5.41, 5.74) is 6.40. The van der Waals surface area contributed by atoms with E-state index in [1.165, 1.54) is 12.2 Å². The maximum atomic E-state index is 11.9. The molecule has 0 fully saturated rings. The fourth-order valence-corrected chi connectivity index (χ4v) is 4.45. The van der Waals surface area contributed by atoms with Gasteiger partial charge >= 0.3 is 11.9 Å². The third kappa shape index (κ3) is 6.07. The van der Waals surface area contributed by atoms with Crippen molar-refractivity contribution in [3.8, 4) is 34.4 Å². The molecule has 1 heterocycles. The smallest absolute Gasteiger partial charge is 0.348 e. The van der Waals surface area contributed by atoms with Gasteiger partial charge in [-0.05, 0) is 48.3 Å². The molecule has 0 amide bonds. The minimum atomic E-state index is -0.650. The van der Waals surface area contributed by atoms with E-state index in [0.717, 1.165) is 45.0 Å². The number of nitrogens with zero attached hydrogens (tertiary/aromatic N) is 4. The molecule has 0 aliphatic carbocycles. The van der Waals surface area contributed by atoms with E-state index < -0.39 is 11.9 Å². The van der Waals surface area contributed by atoms with E-state index in [-0.39, 0.29) is 24.4 Å². The number of ether oxygens (including phenoxy) is 2. The Morgan fingerprint density at radius 1 is 0.718 bits per heavy atom. The molecule has 0 saturated carbocycles. The molecule has 39 heavy (non-hydrogen) atoms. The van der Waals surface area contributed by atoms with Crippen molar-refractivity contribution in [3.63, 3.8) is 0 Å². The van der Waals surface area contributed by atoms with E-state index in [0.29, 0.717) is 11.1 Å². The summed E-state index contributed by atoms with van der Waals surface area (Å²) in [5, 5.41) is 18.5. The summed E-state index contributed by atoms with van der Waals surface area (Å²) in [7, 11) is 0. The molecule has 0 radical (unpaired) electrons. The lowest BCUT2D eigenvalue weighted by Crippen LogP contribution is -2.05. The molecule has 0 spiro atoms. The zero-order valence-corrected chi connectivity index (χ0v) is 22.0. The number of nitriles is 2. The number of aromatic nitrogens is 2. The van der Waals surface area contributed by atoms with Crippen molar-refractivity contribution in [3.05, 3.63) is 82.9 Å². The van der Waals surface area contributed by atoms with E-state index in [1.54, 1.807) is 13.8 Å². The standard InChI is InChI=1S/C30H22N4O4S/c1-3-37-29(35)23(17-31)15-19-5-9-21(10-6-19)25-13-14-26(28-27(25)33-39-34-28)22-11-7-20(8-12-22)16-24(18-32)30(36)38-4-2/h5-16H,3-4H2,1-2H3/b23-15-,24-16+. The van der Waals surface area contributed by atoms with Crippen LogP contribution >= 0.6 is 11.7 Å². The minimum Gasteiger partial charge on any atom is -0.462 e. The van der Waals surface area contributed by atoms with Gasteiger partial charge in [-0.3, -0.25) is 0 Å². The molecule has 192 valence electrons. The second kappa shape index (κ2) is 12.4. The van der Waals surface area contributed by atoms with Gasteiger partial charge in [0.25, 0.3) is 0 Å². The molecule has 4 rings (SSSR count). The Bertz CT molecular complexity index is 1550. The van der Waals surface area contributed by atoms with Gasteiger partial charge in [0.05, 0.1) is 24.9 Å². The molecule has 0 aliphatic heterocycles. The average Bonchev–Trinajstić information content (AvgIpc) is 3.45. The third-order valence-electron chi connectivity index (χ3n) is 5.71. The number of benzene rings is 3. The summed E-state index contributed by atoms with van der Waals surface area (Å²) in [4.78, 5) is 23.8. The van der Waals surface area contributed by atoms with Crippen molar-refractivity contribution in [2.24, 2.45) is 0 Å². The maximum Gasteiger partial charge on any atom is 0.348 e. The van der Waals surface area contributed by atoms with E-state index >= 15 is 0 Å². The molecule has 0 atom stereocenters. The summed E-state index contributed by atoms with van der Waals surface area (Å²) >= 11 is 1.12. The molecule has 0 unspecified atom stereocenters. The van der Waals surface area contributed by atoms with E-state index in [9.17, 15) is 20.1 Å². The fraction of sp³-hybridized carbons (Fsp3) is 0.133. The van der Waals surface area contributed by atoms with Crippen LogP contribution in [-0.4, -0.2) is 33.9 Å². The highest BCUT2D eigenvalue weighted by Crippen LogP contribution is 2.35. The van der Waals surface area contributed by atoms with Crippen LogP contribution in [0.25, 0.3) is 45.4 Å². The summed E-state index contributed by atoms with van der Waals surface area (Å²) in [6.07, 6.45) is 2.99. The van der Waals surface area contributed by atoms with Gasteiger partial charge in [0.2, 0.25) is 0 Å². The van der Waals surface area contributed by atoms with Gasteiger partial charge in [0, 0.05) is 11.1 Å². The molecule has 0 N–H and O–H groups in total. The van der Waals surface area contributed by atoms with Gasteiger partial charge in [-0.15, -0.1) is 0 Å². The highest BCUT2D eigenvalue weighted by molar-refractivity contribution is 7.00. The largest absolute Gasteiger partial charge is 0.462 e. The van der Waals surface area contributed by atoms with Crippen LogP contribution in [0.2, 0.25) is 0 Å². The van der Waals surface area contributed by atoms with Crippen molar-refractivity contribution in [1.29, 1.82) is 10.5 Å². The number of carbonyl (C=O) groups excluding carboxylic acids is 2. The van der Waals surface area contributed by atoms with Crippen molar-refractivity contribution in [2.75, 3.05) is 13.2 Å². The first kappa shape index (κ1) is 26.9. The number of carbonyl (C=O) groups is 2. The normalized spacial score (nSPS) is 11.5. The van der Waals surface area contributed by atoms with Crippen LogP contribution in [0.3, 0.4) is 0 Å². The van der Waals surface area contributed by atoms with Gasteiger partial charge < -0.3 is 9.47 Å². The monoisotopic (exact) mass is 534 g/mol. The van der Waals surface area contributed by atoms with Crippen molar-refractivity contribution in [1.82, 2.24) is 8.75 Å². The zero-order valence-electron chi connectivity index (χ0n) is 21.2. The van der Waals surface area contributed by atoms with Gasteiger partial charge in [-0.25, -0.2) is 9.59 Å². The van der Waals surface area contributed by atoms with Gasteiger partial charge in [0.15, 0.2) is 0 Å². The topological polar surface area (TPSA) is 126 Å². The predicted molar refractivity (Wildman–Crippen MR) is 149 cm³/mol.